The number of fused-ring (bicyclic) bond motifs is 2. The van der Waals surface area contributed by atoms with E-state index in [1.54, 1.807) is 14.2 Å². The van der Waals surface area contributed by atoms with E-state index in [2.05, 4.69) is 70.1 Å². The first-order chi connectivity index (χ1) is 15.7. The Balaban J connectivity index is 1.34. The van der Waals surface area contributed by atoms with Crippen LogP contribution in [0.1, 0.15) is 23.1 Å². The summed E-state index contributed by atoms with van der Waals surface area (Å²) in [6.07, 6.45) is 2.86. The van der Waals surface area contributed by atoms with Crippen LogP contribution in [0, 0.1) is 0 Å². The third-order valence-electron chi connectivity index (χ3n) is 7.17. The molecule has 3 aromatic carbocycles. The summed E-state index contributed by atoms with van der Waals surface area (Å²) in [6.45, 7) is 1.60. The van der Waals surface area contributed by atoms with Gasteiger partial charge in [-0.25, -0.2) is 0 Å². The molecule has 0 aromatic heterocycles. The van der Waals surface area contributed by atoms with Crippen LogP contribution in [0.3, 0.4) is 0 Å². The Hall–Kier alpha value is -2.89. The number of likely N-dealkylation sites (N-methyl/N-ethyl adjacent to an activating group) is 1. The van der Waals surface area contributed by atoms with E-state index >= 15 is 0 Å². The van der Waals surface area contributed by atoms with Gasteiger partial charge in [0.1, 0.15) is 5.75 Å². The molecule has 0 bridgehead atoms. The third-order valence-corrected chi connectivity index (χ3v) is 7.17. The molecule has 1 aliphatic heterocycles. The Morgan fingerprint density at radius 1 is 1.03 bits per heavy atom. The summed E-state index contributed by atoms with van der Waals surface area (Å²) >= 11 is 0. The fraction of sp³-hybridized carbons (Fsp3) is 0.370. The van der Waals surface area contributed by atoms with E-state index in [1.165, 1.54) is 27.5 Å². The van der Waals surface area contributed by atoms with Crippen molar-refractivity contribution in [3.63, 3.8) is 0 Å². The van der Waals surface area contributed by atoms with Crippen LogP contribution in [0.15, 0.2) is 60.7 Å². The van der Waals surface area contributed by atoms with E-state index in [9.17, 15) is 4.79 Å². The van der Waals surface area contributed by atoms with Crippen LogP contribution in [0.2, 0.25) is 0 Å². The molecule has 1 heterocycles. The Morgan fingerprint density at radius 3 is 2.47 bits per heavy atom. The third kappa shape index (κ3) is 3.87. The highest BCUT2D eigenvalue weighted by Crippen LogP contribution is 2.32. The zero-order valence-corrected chi connectivity index (χ0v) is 18.8. The summed E-state index contributed by atoms with van der Waals surface area (Å²) < 4.78 is 5.67. The molecule has 5 heteroatoms. The highest BCUT2D eigenvalue weighted by atomic mass is 16.5. The predicted octanol–water partition coefficient (Wildman–Crippen LogP) is 3.29. The first kappa shape index (κ1) is 21.0. The second-order valence-electron chi connectivity index (χ2n) is 8.94. The van der Waals surface area contributed by atoms with E-state index in [0.717, 1.165) is 31.6 Å². The number of ether oxygens (including phenoxy) is 1. The van der Waals surface area contributed by atoms with Crippen molar-refractivity contribution in [3.8, 4) is 5.75 Å². The molecule has 0 radical (unpaired) electrons. The minimum atomic E-state index is -0.0915. The van der Waals surface area contributed by atoms with Gasteiger partial charge in [-0.1, -0.05) is 54.6 Å². The van der Waals surface area contributed by atoms with Gasteiger partial charge in [0.05, 0.1) is 13.2 Å². The van der Waals surface area contributed by atoms with E-state index in [0.29, 0.717) is 12.6 Å². The van der Waals surface area contributed by atoms with Crippen molar-refractivity contribution in [2.24, 2.45) is 0 Å². The van der Waals surface area contributed by atoms with Crippen molar-refractivity contribution in [2.75, 3.05) is 20.7 Å². The minimum absolute atomic E-state index is 0.0915. The maximum absolute atomic E-state index is 12.7. The molecule has 2 atom stereocenters. The van der Waals surface area contributed by atoms with Crippen LogP contribution >= 0.6 is 0 Å². The smallest absolute Gasteiger partial charge is 0.237 e. The zero-order valence-electron chi connectivity index (χ0n) is 18.8. The number of carbonyl (C=O) groups is 1. The lowest BCUT2D eigenvalue weighted by atomic mass is 10.0. The van der Waals surface area contributed by atoms with Gasteiger partial charge in [0.2, 0.25) is 5.91 Å². The molecule has 0 spiro atoms. The Bertz CT molecular complexity index is 1100. The number of carbonyl (C=O) groups excluding carboxylic acids is 1. The lowest BCUT2D eigenvalue weighted by Crippen LogP contribution is -2.47. The molecule has 5 rings (SSSR count). The van der Waals surface area contributed by atoms with Gasteiger partial charge in [-0.05, 0) is 47.2 Å². The molecule has 1 fully saturated rings. The molecule has 1 saturated heterocycles. The van der Waals surface area contributed by atoms with Crippen molar-refractivity contribution < 1.29 is 9.53 Å². The molecule has 5 nitrogen and oxygen atoms in total. The van der Waals surface area contributed by atoms with Gasteiger partial charge in [0.25, 0.3) is 0 Å². The Morgan fingerprint density at radius 2 is 1.75 bits per heavy atom. The van der Waals surface area contributed by atoms with E-state index in [4.69, 9.17) is 4.74 Å². The van der Waals surface area contributed by atoms with Crippen LogP contribution < -0.4 is 15.4 Å². The van der Waals surface area contributed by atoms with Gasteiger partial charge in [0, 0.05) is 37.8 Å². The molecule has 1 amide bonds. The average molecular weight is 430 g/mol. The molecule has 32 heavy (non-hydrogen) atoms. The van der Waals surface area contributed by atoms with Crippen molar-refractivity contribution in [2.45, 2.75) is 43.9 Å². The maximum Gasteiger partial charge on any atom is 0.237 e. The largest absolute Gasteiger partial charge is 0.496 e. The molecule has 2 N–H and O–H groups in total. The lowest BCUT2D eigenvalue weighted by molar-refractivity contribution is -0.125. The summed E-state index contributed by atoms with van der Waals surface area (Å²) in [4.78, 5) is 15.2. The van der Waals surface area contributed by atoms with Crippen LogP contribution in [0.5, 0.6) is 5.75 Å². The highest BCUT2D eigenvalue weighted by molar-refractivity contribution is 5.87. The van der Waals surface area contributed by atoms with Gasteiger partial charge in [-0.15, -0.1) is 0 Å². The summed E-state index contributed by atoms with van der Waals surface area (Å²) in [5, 5.41) is 9.06. The standard InChI is InChI=1S/C27H31N3O2/c1-28-27(31)25-15-21(17-30(25)22-13-19-8-3-4-9-20(19)14-22)29-16-24-23-10-6-5-7-18(23)11-12-26(24)32-2/h3-12,21-22,25,29H,13-17H2,1-2H3,(H,28,31)/t21-,25+/m1/s1. The van der Waals surface area contributed by atoms with E-state index < -0.39 is 0 Å². The predicted molar refractivity (Wildman–Crippen MR) is 128 cm³/mol. The highest BCUT2D eigenvalue weighted by Gasteiger charge is 2.41. The normalized spacial score (nSPS) is 21.1. The summed E-state index contributed by atoms with van der Waals surface area (Å²) in [5.74, 6) is 1.02. The Labute approximate surface area is 189 Å². The number of likely N-dealkylation sites (tertiary alicyclic amines) is 1. The molecule has 166 valence electrons. The van der Waals surface area contributed by atoms with Crippen molar-refractivity contribution in [1.82, 2.24) is 15.5 Å². The van der Waals surface area contributed by atoms with Crippen LogP contribution in [-0.2, 0) is 24.2 Å². The Kier molecular flexibility index (Phi) is 5.85. The molecule has 1 aliphatic carbocycles. The topological polar surface area (TPSA) is 53.6 Å². The number of methoxy groups -OCH3 is 1. The second kappa shape index (κ2) is 8.93. The number of benzene rings is 3. The summed E-state index contributed by atoms with van der Waals surface area (Å²) in [6, 6.07) is 21.8. The van der Waals surface area contributed by atoms with Gasteiger partial charge in [-0.2, -0.15) is 0 Å². The average Bonchev–Trinajstić information content (AvgIpc) is 3.46. The first-order valence-corrected chi connectivity index (χ1v) is 11.5. The van der Waals surface area contributed by atoms with Crippen LogP contribution in [0.4, 0.5) is 0 Å². The van der Waals surface area contributed by atoms with Crippen molar-refractivity contribution in [3.05, 3.63) is 77.4 Å². The zero-order chi connectivity index (χ0) is 22.1. The number of rotatable bonds is 6. The molecular formula is C27H31N3O2. The number of hydrogen-bond acceptors (Lipinski definition) is 4. The number of hydrogen-bond donors (Lipinski definition) is 2. The number of nitrogens with zero attached hydrogens (tertiary/aromatic N) is 1. The first-order valence-electron chi connectivity index (χ1n) is 11.5. The minimum Gasteiger partial charge on any atom is -0.496 e. The van der Waals surface area contributed by atoms with E-state index in [1.807, 2.05) is 6.07 Å². The van der Waals surface area contributed by atoms with Gasteiger partial charge in [-0.3, -0.25) is 9.69 Å². The van der Waals surface area contributed by atoms with Gasteiger partial charge in [0.15, 0.2) is 0 Å². The number of nitrogens with one attached hydrogen (secondary N) is 2. The van der Waals surface area contributed by atoms with Gasteiger partial charge < -0.3 is 15.4 Å². The fourth-order valence-corrected chi connectivity index (χ4v) is 5.54. The molecule has 3 aromatic rings. The second-order valence-corrected chi connectivity index (χ2v) is 8.94. The van der Waals surface area contributed by atoms with Crippen LogP contribution in [0.25, 0.3) is 10.8 Å². The quantitative estimate of drug-likeness (QED) is 0.631. The summed E-state index contributed by atoms with van der Waals surface area (Å²) in [7, 11) is 3.47. The van der Waals surface area contributed by atoms with Crippen LogP contribution in [-0.4, -0.2) is 49.6 Å². The van der Waals surface area contributed by atoms with Crippen molar-refractivity contribution >= 4 is 16.7 Å². The molecule has 2 aliphatic rings. The monoisotopic (exact) mass is 429 g/mol. The SMILES string of the molecule is CNC(=O)[C@@H]1C[C@@H](NCc2c(OC)ccc3ccccc23)CN1C1Cc2ccccc2C1. The van der Waals surface area contributed by atoms with Crippen molar-refractivity contribution in [1.29, 1.82) is 0 Å². The summed E-state index contributed by atoms with van der Waals surface area (Å²) in [5.41, 5.74) is 4.02. The lowest BCUT2D eigenvalue weighted by Gasteiger charge is -2.29. The van der Waals surface area contributed by atoms with E-state index in [-0.39, 0.29) is 18.0 Å². The molecule has 0 saturated carbocycles. The maximum atomic E-state index is 12.7. The number of amides is 1. The molecular weight excluding hydrogens is 398 g/mol. The molecule has 0 unspecified atom stereocenters. The fourth-order valence-electron chi connectivity index (χ4n) is 5.54. The van der Waals surface area contributed by atoms with Gasteiger partial charge >= 0.3 is 0 Å².